The van der Waals surface area contributed by atoms with Crippen molar-refractivity contribution in [2.75, 3.05) is 0 Å². The molecule has 0 aliphatic rings. The molecule has 0 saturated carbocycles. The third kappa shape index (κ3) is 2.72. The van der Waals surface area contributed by atoms with Crippen molar-refractivity contribution in [2.45, 2.75) is 19.9 Å². The summed E-state index contributed by atoms with van der Waals surface area (Å²) in [7, 11) is 0. The Balaban J connectivity index is 0.00000128. The van der Waals surface area contributed by atoms with Gasteiger partial charge < -0.3 is 17.0 Å². The van der Waals surface area contributed by atoms with E-state index in [1.165, 1.54) is 0 Å². The number of halogens is 1. The number of hydrogen-bond donors (Lipinski definition) is 0. The maximum absolute atomic E-state index is 12.1. The molecule has 86 valence electrons. The quantitative estimate of drug-likeness (QED) is 0.382. The number of aryl methyl sites for hydroxylation is 1. The maximum Gasteiger partial charge on any atom is -1.00 e. The molecule has 1 atom stereocenters. The fourth-order valence-electron chi connectivity index (χ4n) is 1.49. The summed E-state index contributed by atoms with van der Waals surface area (Å²) < 4.78 is 3.02. The van der Waals surface area contributed by atoms with Gasteiger partial charge in [-0.1, -0.05) is 0 Å². The number of ketones is 1. The van der Waals surface area contributed by atoms with E-state index in [9.17, 15) is 4.79 Å². The smallest absolute Gasteiger partial charge is 1.00 e. The summed E-state index contributed by atoms with van der Waals surface area (Å²) in [6.07, 6.45) is 0. The molecule has 5 heteroatoms. The minimum absolute atomic E-state index is 0. The van der Waals surface area contributed by atoms with E-state index >= 15 is 0 Å². The van der Waals surface area contributed by atoms with E-state index < -0.39 is 0 Å². The van der Waals surface area contributed by atoms with Gasteiger partial charge in [-0.25, -0.2) is 0 Å². The SMILES string of the molecule is Cc1csc[n+]1C(C)C(=O)c1ccc[se]1.[Br-]. The van der Waals surface area contributed by atoms with Crippen molar-refractivity contribution in [3.8, 4) is 0 Å². The Bertz CT molecular complexity index is 466. The first-order chi connectivity index (χ1) is 7.20. The average Bonchev–Trinajstić information content (AvgIpc) is 2.85. The molecule has 16 heavy (non-hydrogen) atoms. The van der Waals surface area contributed by atoms with Gasteiger partial charge in [0.2, 0.25) is 0 Å². The Hall–Kier alpha value is -0.221. The Labute approximate surface area is 115 Å². The monoisotopic (exact) mass is 365 g/mol. The van der Waals surface area contributed by atoms with Gasteiger partial charge in [0.05, 0.1) is 0 Å². The molecule has 0 spiro atoms. The largest absolute Gasteiger partial charge is 1.00 e. The first-order valence-corrected chi connectivity index (χ1v) is 7.50. The zero-order valence-electron chi connectivity index (χ0n) is 9.01. The van der Waals surface area contributed by atoms with Crippen LogP contribution < -0.4 is 21.5 Å². The normalized spacial score (nSPS) is 11.9. The summed E-state index contributed by atoms with van der Waals surface area (Å²) in [6, 6.07) is 3.86. The van der Waals surface area contributed by atoms with E-state index in [1.807, 2.05) is 36.1 Å². The summed E-state index contributed by atoms with van der Waals surface area (Å²) in [4.78, 5) is 14.2. The van der Waals surface area contributed by atoms with Crippen molar-refractivity contribution in [3.05, 3.63) is 38.1 Å². The molecule has 0 radical (unpaired) electrons. The molecule has 0 amide bonds. The maximum atomic E-state index is 12.1. The Morgan fingerprint density at radius 2 is 2.31 bits per heavy atom. The Morgan fingerprint density at radius 1 is 1.56 bits per heavy atom. The molecule has 1 unspecified atom stereocenters. The zero-order valence-corrected chi connectivity index (χ0v) is 13.1. The molecule has 2 rings (SSSR count). The van der Waals surface area contributed by atoms with Crippen LogP contribution in [-0.2, 0) is 0 Å². The Kier molecular flexibility index (Phi) is 5.12. The molecule has 0 N–H and O–H groups in total. The number of aromatic nitrogens is 1. The number of nitrogens with zero attached hydrogens (tertiary/aromatic N) is 1. The van der Waals surface area contributed by atoms with Gasteiger partial charge in [-0.2, -0.15) is 0 Å². The number of rotatable bonds is 3. The minimum atomic E-state index is -0.0655. The van der Waals surface area contributed by atoms with Crippen molar-refractivity contribution in [1.82, 2.24) is 0 Å². The van der Waals surface area contributed by atoms with Gasteiger partial charge in [0.25, 0.3) is 0 Å². The van der Waals surface area contributed by atoms with Gasteiger partial charge >= 0.3 is 99.0 Å². The number of carbonyl (C=O) groups is 1. The fraction of sp³-hybridized carbons (Fsp3) is 0.273. The molecule has 0 aromatic carbocycles. The average molecular weight is 365 g/mol. The topological polar surface area (TPSA) is 20.9 Å². The van der Waals surface area contributed by atoms with Crippen molar-refractivity contribution >= 4 is 31.6 Å². The molecule has 2 aromatic rings. The molecule has 0 fully saturated rings. The zero-order chi connectivity index (χ0) is 10.8. The third-order valence-electron chi connectivity index (χ3n) is 2.38. The van der Waals surface area contributed by atoms with Gasteiger partial charge in [-0.3, -0.25) is 0 Å². The van der Waals surface area contributed by atoms with E-state index in [1.54, 1.807) is 11.3 Å². The van der Waals surface area contributed by atoms with E-state index in [0.29, 0.717) is 0 Å². The van der Waals surface area contributed by atoms with Crippen LogP contribution in [0.1, 0.15) is 27.9 Å². The van der Waals surface area contributed by atoms with Gasteiger partial charge in [0.15, 0.2) is 0 Å². The van der Waals surface area contributed by atoms with Gasteiger partial charge in [-0.15, -0.1) is 0 Å². The summed E-state index contributed by atoms with van der Waals surface area (Å²) >= 11 is 1.88. The van der Waals surface area contributed by atoms with Crippen LogP contribution in [0, 0.1) is 6.92 Å². The number of carbonyl (C=O) groups excluding carboxylic acids is 1. The second-order valence-corrected chi connectivity index (χ2v) is 6.13. The second kappa shape index (κ2) is 5.92. The molecule has 0 aliphatic heterocycles. The van der Waals surface area contributed by atoms with Crippen LogP contribution in [0.3, 0.4) is 0 Å². The van der Waals surface area contributed by atoms with Crippen molar-refractivity contribution in [3.63, 3.8) is 0 Å². The van der Waals surface area contributed by atoms with E-state index in [2.05, 4.69) is 10.3 Å². The third-order valence-corrected chi connectivity index (χ3v) is 5.06. The fourth-order valence-corrected chi connectivity index (χ4v) is 3.91. The molecule has 2 heterocycles. The number of thiazole rings is 1. The molecule has 2 nitrogen and oxygen atoms in total. The van der Waals surface area contributed by atoms with Crippen LogP contribution in [0.4, 0.5) is 0 Å². The predicted molar refractivity (Wildman–Crippen MR) is 61.7 cm³/mol. The Morgan fingerprint density at radius 3 is 2.81 bits per heavy atom. The molecular formula is C11H12BrNOSSe. The van der Waals surface area contributed by atoms with Crippen LogP contribution in [0.25, 0.3) is 0 Å². The molecule has 0 aliphatic carbocycles. The van der Waals surface area contributed by atoms with Crippen LogP contribution in [0.15, 0.2) is 28.0 Å². The molecule has 0 bridgehead atoms. The van der Waals surface area contributed by atoms with Crippen LogP contribution >= 0.6 is 11.3 Å². The standard InChI is InChI=1S/C11H12NOSSe.BrH/c1-8-6-14-7-12(8)9(2)11(13)10-4-3-5-15-10;/h3-7,9H,1-2H3;1H/q+1;/p-1. The van der Waals surface area contributed by atoms with Crippen molar-refractivity contribution < 1.29 is 26.3 Å². The van der Waals surface area contributed by atoms with Crippen molar-refractivity contribution in [2.24, 2.45) is 0 Å². The van der Waals surface area contributed by atoms with Gasteiger partial charge in [0.1, 0.15) is 0 Å². The van der Waals surface area contributed by atoms with E-state index in [-0.39, 0.29) is 43.3 Å². The van der Waals surface area contributed by atoms with E-state index in [0.717, 1.165) is 10.1 Å². The predicted octanol–water partition coefficient (Wildman–Crippen LogP) is -1.15. The number of hydrogen-bond acceptors (Lipinski definition) is 2. The summed E-state index contributed by atoms with van der Waals surface area (Å²) in [6.45, 7) is 4.00. The minimum Gasteiger partial charge on any atom is -1.00 e. The molecule has 2 aromatic heterocycles. The first kappa shape index (κ1) is 13.8. The van der Waals surface area contributed by atoms with E-state index in [4.69, 9.17) is 0 Å². The second-order valence-electron chi connectivity index (χ2n) is 3.43. The first-order valence-electron chi connectivity index (χ1n) is 4.72. The summed E-state index contributed by atoms with van der Waals surface area (Å²) in [5.74, 6) is 0.256. The van der Waals surface area contributed by atoms with Crippen LogP contribution in [-0.4, -0.2) is 20.3 Å². The van der Waals surface area contributed by atoms with Gasteiger partial charge in [0, 0.05) is 0 Å². The molecule has 0 saturated heterocycles. The summed E-state index contributed by atoms with van der Waals surface area (Å²) in [5.41, 5.74) is 3.16. The summed E-state index contributed by atoms with van der Waals surface area (Å²) in [5, 5.41) is 2.07. The van der Waals surface area contributed by atoms with Crippen molar-refractivity contribution in [1.29, 1.82) is 0 Å². The van der Waals surface area contributed by atoms with Crippen LogP contribution in [0.2, 0.25) is 0 Å². The van der Waals surface area contributed by atoms with Gasteiger partial charge in [-0.05, 0) is 0 Å². The molecular weight excluding hydrogens is 353 g/mol. The van der Waals surface area contributed by atoms with Crippen LogP contribution in [0.5, 0.6) is 0 Å². The number of Topliss-reactive ketones (excluding diaryl/α,β-unsaturated/α-hetero) is 1.